The fraction of sp³-hybridized carbons (Fsp3) is 1.00. The quantitative estimate of drug-likeness (QED) is 0.0487. The van der Waals surface area contributed by atoms with Crippen molar-refractivity contribution in [1.29, 1.82) is 0 Å². The van der Waals surface area contributed by atoms with Crippen LogP contribution in [0.15, 0.2) is 0 Å². The van der Waals surface area contributed by atoms with Gasteiger partial charge in [0.2, 0.25) is 0 Å². The van der Waals surface area contributed by atoms with E-state index in [9.17, 15) is 4.57 Å². The van der Waals surface area contributed by atoms with Crippen molar-refractivity contribution in [3.63, 3.8) is 0 Å². The van der Waals surface area contributed by atoms with Crippen LogP contribution in [0.25, 0.3) is 0 Å². The van der Waals surface area contributed by atoms with Gasteiger partial charge in [-0.2, -0.15) is 0 Å². The molecule has 5 nitrogen and oxygen atoms in total. The number of nitrogens with two attached hydrogens (primary N) is 1. The highest BCUT2D eigenvalue weighted by atomic mass is 31.2. The summed E-state index contributed by atoms with van der Waals surface area (Å²) in [7, 11) is -4.35. The van der Waals surface area contributed by atoms with Crippen molar-refractivity contribution in [3.05, 3.63) is 0 Å². The van der Waals surface area contributed by atoms with E-state index in [-0.39, 0.29) is 18.1 Å². The van der Waals surface area contributed by atoms with Gasteiger partial charge in [-0.15, -0.1) is 0 Å². The first-order valence-electron chi connectivity index (χ1n) is 19.5. The molecule has 0 rings (SSSR count). The van der Waals surface area contributed by atoms with Crippen LogP contribution in [0.4, 0.5) is 0 Å². The zero-order valence-corrected chi connectivity index (χ0v) is 31.6. The van der Waals surface area contributed by atoms with Crippen molar-refractivity contribution >= 4 is 7.82 Å². The Morgan fingerprint density at radius 1 is 0.523 bits per heavy atom. The molecule has 0 fully saturated rings. The van der Waals surface area contributed by atoms with Gasteiger partial charge in [-0.1, -0.05) is 194 Å². The summed E-state index contributed by atoms with van der Waals surface area (Å²) >= 11 is 0. The molecule has 4 N–H and O–H groups in total. The topological polar surface area (TPSA) is 92.8 Å². The predicted molar refractivity (Wildman–Crippen MR) is 195 cm³/mol. The summed E-state index contributed by atoms with van der Waals surface area (Å²) in [6.07, 6.45) is 39.3. The molecule has 0 saturated heterocycles. The van der Waals surface area contributed by atoms with E-state index in [1.807, 2.05) is 0 Å². The van der Waals surface area contributed by atoms with E-state index >= 15 is 0 Å². The van der Waals surface area contributed by atoms with Gasteiger partial charge in [0, 0.05) is 5.54 Å². The molecule has 0 saturated carbocycles. The van der Waals surface area contributed by atoms with Crippen molar-refractivity contribution < 1.29 is 18.9 Å². The van der Waals surface area contributed by atoms with Gasteiger partial charge in [-0.05, 0) is 39.0 Å². The van der Waals surface area contributed by atoms with Gasteiger partial charge < -0.3 is 15.5 Å². The smallest absolute Gasteiger partial charge is 0.326 e. The molecule has 0 bridgehead atoms. The number of phosphoric ester groups is 1. The molecule has 0 aliphatic heterocycles. The lowest BCUT2D eigenvalue weighted by Crippen LogP contribution is -2.31. The van der Waals surface area contributed by atoms with Gasteiger partial charge in [0.05, 0.1) is 6.61 Å². The molecule has 0 heterocycles. The van der Waals surface area contributed by atoms with E-state index in [4.69, 9.17) is 20.0 Å². The van der Waals surface area contributed by atoms with Crippen LogP contribution in [0.2, 0.25) is 0 Å². The summed E-state index contributed by atoms with van der Waals surface area (Å²) in [6, 6.07) is 0. The highest BCUT2D eigenvalue weighted by molar-refractivity contribution is 7.46. The molecular formula is C38H82NO4P. The van der Waals surface area contributed by atoms with Crippen molar-refractivity contribution in [2.75, 3.05) is 6.61 Å². The molecule has 0 amide bonds. The minimum Gasteiger partial charge on any atom is -0.326 e. The van der Waals surface area contributed by atoms with Crippen LogP contribution in [0.5, 0.6) is 0 Å². The third-order valence-electron chi connectivity index (χ3n) is 8.83. The van der Waals surface area contributed by atoms with Crippen LogP contribution in [-0.2, 0) is 9.09 Å². The second-order valence-electron chi connectivity index (χ2n) is 14.5. The third-order valence-corrected chi connectivity index (χ3v) is 9.32. The Kier molecular flexibility index (Phi) is 36.1. The molecule has 0 aromatic carbocycles. The fourth-order valence-electron chi connectivity index (χ4n) is 5.89. The van der Waals surface area contributed by atoms with Crippen molar-refractivity contribution in [2.24, 2.45) is 11.7 Å². The van der Waals surface area contributed by atoms with E-state index in [1.165, 1.54) is 167 Å². The molecule has 1 atom stereocenters. The molecular weight excluding hydrogens is 565 g/mol. The monoisotopic (exact) mass is 648 g/mol. The molecule has 0 radical (unpaired) electrons. The zero-order chi connectivity index (χ0) is 33.2. The van der Waals surface area contributed by atoms with Crippen LogP contribution < -0.4 is 5.73 Å². The average Bonchev–Trinajstić information content (AvgIpc) is 2.96. The van der Waals surface area contributed by atoms with Crippen LogP contribution >= 0.6 is 7.82 Å². The standard InChI is InChI=1S/C24H51O4P.C14H31N/c1-3-5-7-9-11-13-14-16-18-20-22-24(23-28-29(25,26)27)21-19-17-15-12-10-8-6-4-2;1-4-5-6-7-8-9-10-11-12-13-14(2,3)15/h24H,3-23H2,1-2H3,(H2,25,26,27);4-13,15H2,1-3H3. The first-order valence-corrected chi connectivity index (χ1v) is 21.1. The van der Waals surface area contributed by atoms with Crippen LogP contribution in [-0.4, -0.2) is 21.9 Å². The van der Waals surface area contributed by atoms with Crippen molar-refractivity contribution in [2.45, 2.75) is 233 Å². The number of rotatable bonds is 33. The fourth-order valence-corrected chi connectivity index (χ4v) is 6.30. The highest BCUT2D eigenvalue weighted by Crippen LogP contribution is 2.37. The maximum atomic E-state index is 11.1. The van der Waals surface area contributed by atoms with E-state index < -0.39 is 7.82 Å². The summed E-state index contributed by atoms with van der Waals surface area (Å²) in [5.74, 6) is 0.289. The molecule has 0 spiro atoms. The number of hydrogen-bond donors (Lipinski definition) is 3. The van der Waals surface area contributed by atoms with Gasteiger partial charge in [-0.3, -0.25) is 4.52 Å². The Hall–Kier alpha value is 0.0700. The molecule has 0 aliphatic carbocycles. The van der Waals surface area contributed by atoms with Crippen molar-refractivity contribution in [3.8, 4) is 0 Å². The van der Waals surface area contributed by atoms with Crippen LogP contribution in [0.1, 0.15) is 227 Å². The lowest BCUT2D eigenvalue weighted by atomic mass is 9.94. The van der Waals surface area contributed by atoms with E-state index in [1.54, 1.807) is 0 Å². The summed E-state index contributed by atoms with van der Waals surface area (Å²) < 4.78 is 15.9. The van der Waals surface area contributed by atoms with Crippen LogP contribution in [0.3, 0.4) is 0 Å². The summed E-state index contributed by atoms with van der Waals surface area (Å²) in [6.45, 7) is 11.2. The number of phosphoric acid groups is 1. The molecule has 268 valence electrons. The lowest BCUT2D eigenvalue weighted by Gasteiger charge is -2.17. The second kappa shape index (κ2) is 34.4. The average molecular weight is 648 g/mol. The molecule has 6 heteroatoms. The van der Waals surface area contributed by atoms with Crippen LogP contribution in [0, 0.1) is 5.92 Å². The Labute approximate surface area is 277 Å². The van der Waals surface area contributed by atoms with E-state index in [2.05, 4.69) is 34.6 Å². The van der Waals surface area contributed by atoms with Gasteiger partial charge in [-0.25, -0.2) is 4.57 Å². The zero-order valence-electron chi connectivity index (χ0n) is 30.7. The maximum Gasteiger partial charge on any atom is 0.469 e. The third kappa shape index (κ3) is 44.2. The molecule has 0 aromatic heterocycles. The first kappa shape index (κ1) is 46.2. The minimum atomic E-state index is -4.35. The summed E-state index contributed by atoms with van der Waals surface area (Å²) in [4.78, 5) is 18.0. The van der Waals surface area contributed by atoms with Gasteiger partial charge >= 0.3 is 7.82 Å². The molecule has 0 aliphatic rings. The van der Waals surface area contributed by atoms with Crippen molar-refractivity contribution in [1.82, 2.24) is 0 Å². The Morgan fingerprint density at radius 2 is 0.795 bits per heavy atom. The van der Waals surface area contributed by atoms with Gasteiger partial charge in [0.25, 0.3) is 0 Å². The maximum absolute atomic E-state index is 11.1. The van der Waals surface area contributed by atoms with E-state index in [0.717, 1.165) is 25.7 Å². The minimum absolute atomic E-state index is 0.0428. The normalized spacial score (nSPS) is 12.7. The second-order valence-corrected chi connectivity index (χ2v) is 15.7. The SMILES string of the molecule is CCCCCCCCCCCC(C)(C)N.CCCCCCCCCCCCC(CCCCCCCCCC)COP(=O)(O)O. The summed E-state index contributed by atoms with van der Waals surface area (Å²) in [5.41, 5.74) is 5.97. The molecule has 44 heavy (non-hydrogen) atoms. The highest BCUT2D eigenvalue weighted by Gasteiger charge is 2.18. The largest absolute Gasteiger partial charge is 0.469 e. The number of hydrogen-bond acceptors (Lipinski definition) is 3. The Bertz CT molecular complexity index is 590. The van der Waals surface area contributed by atoms with Gasteiger partial charge in [0.15, 0.2) is 0 Å². The Morgan fingerprint density at radius 3 is 1.07 bits per heavy atom. The van der Waals surface area contributed by atoms with Gasteiger partial charge in [0.1, 0.15) is 0 Å². The Balaban J connectivity index is 0. The molecule has 0 aromatic rings. The number of unbranched alkanes of at least 4 members (excludes halogenated alkanes) is 24. The summed E-state index contributed by atoms with van der Waals surface area (Å²) in [5, 5.41) is 0. The predicted octanol–water partition coefficient (Wildman–Crippen LogP) is 13.2. The lowest BCUT2D eigenvalue weighted by molar-refractivity contribution is 0.157. The molecule has 1 unspecified atom stereocenters. The first-order chi connectivity index (χ1) is 21.1. The van der Waals surface area contributed by atoms with E-state index in [0.29, 0.717) is 0 Å².